The van der Waals surface area contributed by atoms with Crippen LogP contribution in [0, 0.1) is 5.82 Å². The molecule has 1 unspecified atom stereocenters. The van der Waals surface area contributed by atoms with Crippen LogP contribution in [0.5, 0.6) is 0 Å². The summed E-state index contributed by atoms with van der Waals surface area (Å²) in [4.78, 5) is 13.3. The molecule has 1 saturated heterocycles. The zero-order chi connectivity index (χ0) is 14.8. The minimum absolute atomic E-state index is 0.253. The minimum atomic E-state index is -4.01. The number of halogens is 2. The molecule has 1 heterocycles. The maximum Gasteiger partial charge on any atom is 0.264 e. The number of carbonyl (C=O) groups excluding carboxylic acids is 1. The summed E-state index contributed by atoms with van der Waals surface area (Å²) in [5.74, 6) is -1.30. The molecule has 1 aromatic carbocycles. The van der Waals surface area contributed by atoms with Crippen molar-refractivity contribution in [2.24, 2.45) is 0 Å². The third kappa shape index (κ3) is 3.45. The predicted molar refractivity (Wildman–Crippen MR) is 68.8 cm³/mol. The third-order valence-corrected chi connectivity index (χ3v) is 4.27. The molecule has 9 heteroatoms. The van der Waals surface area contributed by atoms with Crippen molar-refractivity contribution in [3.05, 3.63) is 29.0 Å². The second-order valence-electron chi connectivity index (χ2n) is 4.17. The summed E-state index contributed by atoms with van der Waals surface area (Å²) < 4.78 is 41.8. The molecule has 1 aliphatic rings. The van der Waals surface area contributed by atoms with Crippen molar-refractivity contribution in [3.8, 4) is 0 Å². The normalized spacial score (nSPS) is 19.0. The van der Waals surface area contributed by atoms with Crippen LogP contribution in [0.2, 0.25) is 5.02 Å². The zero-order valence-corrected chi connectivity index (χ0v) is 11.8. The van der Waals surface area contributed by atoms with Crippen LogP contribution < -0.4 is 10.3 Å². The number of nitrogens with one attached hydrogen (secondary N) is 2. The van der Waals surface area contributed by atoms with E-state index in [0.717, 1.165) is 24.6 Å². The molecule has 0 bridgehead atoms. The molecule has 0 saturated carbocycles. The van der Waals surface area contributed by atoms with Gasteiger partial charge in [-0.15, -0.1) is 4.83 Å². The lowest BCUT2D eigenvalue weighted by molar-refractivity contribution is -0.130. The predicted octanol–water partition coefficient (Wildman–Crippen LogP) is 0.968. The van der Waals surface area contributed by atoms with E-state index in [2.05, 4.69) is 5.43 Å². The average molecular weight is 323 g/mol. The Labute approximate surface area is 120 Å². The van der Waals surface area contributed by atoms with E-state index in [4.69, 9.17) is 16.3 Å². The Kier molecular flexibility index (Phi) is 4.59. The summed E-state index contributed by atoms with van der Waals surface area (Å²) in [6.45, 7) is 0.471. The van der Waals surface area contributed by atoms with Crippen molar-refractivity contribution < 1.29 is 22.3 Å². The van der Waals surface area contributed by atoms with Gasteiger partial charge in [-0.05, 0) is 31.0 Å². The van der Waals surface area contributed by atoms with E-state index >= 15 is 0 Å². The van der Waals surface area contributed by atoms with Gasteiger partial charge in [0.15, 0.2) is 0 Å². The monoisotopic (exact) mass is 322 g/mol. The van der Waals surface area contributed by atoms with Gasteiger partial charge in [-0.1, -0.05) is 11.6 Å². The first kappa shape index (κ1) is 15.2. The number of rotatable bonds is 4. The first-order valence-corrected chi connectivity index (χ1v) is 7.64. The van der Waals surface area contributed by atoms with Crippen LogP contribution in [-0.2, 0) is 19.6 Å². The molecule has 1 atom stereocenters. The van der Waals surface area contributed by atoms with E-state index in [1.54, 1.807) is 0 Å². The van der Waals surface area contributed by atoms with Crippen molar-refractivity contribution in [2.75, 3.05) is 6.61 Å². The van der Waals surface area contributed by atoms with E-state index in [1.807, 2.05) is 4.83 Å². The molecule has 1 aliphatic heterocycles. The van der Waals surface area contributed by atoms with Crippen LogP contribution in [-0.4, -0.2) is 27.0 Å². The quantitative estimate of drug-likeness (QED) is 0.809. The lowest BCUT2D eigenvalue weighted by atomic mass is 10.2. The topological polar surface area (TPSA) is 84.5 Å². The Morgan fingerprint density at radius 3 is 2.80 bits per heavy atom. The van der Waals surface area contributed by atoms with Crippen LogP contribution in [0.25, 0.3) is 0 Å². The van der Waals surface area contributed by atoms with E-state index in [9.17, 15) is 17.6 Å². The van der Waals surface area contributed by atoms with E-state index in [1.165, 1.54) is 0 Å². The van der Waals surface area contributed by atoms with Crippen molar-refractivity contribution >= 4 is 27.5 Å². The van der Waals surface area contributed by atoms with Crippen LogP contribution >= 0.6 is 11.6 Å². The van der Waals surface area contributed by atoms with Gasteiger partial charge in [-0.2, -0.15) is 0 Å². The second kappa shape index (κ2) is 6.04. The van der Waals surface area contributed by atoms with Gasteiger partial charge in [0.25, 0.3) is 15.9 Å². The Morgan fingerprint density at radius 1 is 1.45 bits per heavy atom. The van der Waals surface area contributed by atoms with E-state index in [-0.39, 0.29) is 9.92 Å². The molecular formula is C11H12ClFN2O4S. The fraction of sp³-hybridized carbons (Fsp3) is 0.364. The molecule has 2 N–H and O–H groups in total. The standard InChI is InChI=1S/C11H12ClFN2O4S/c12-8-6-7(3-4-9(8)13)20(17,18)15-14-11(16)10-2-1-5-19-10/h3-4,6,10,15H,1-2,5H2,(H,14,16). The second-order valence-corrected chi connectivity index (χ2v) is 6.26. The summed E-state index contributed by atoms with van der Waals surface area (Å²) in [5.41, 5.74) is 2.06. The fourth-order valence-electron chi connectivity index (χ4n) is 1.69. The van der Waals surface area contributed by atoms with Gasteiger partial charge in [-0.25, -0.2) is 12.8 Å². The van der Waals surface area contributed by atoms with Gasteiger partial charge in [-0.3, -0.25) is 10.2 Å². The number of hydrogen-bond acceptors (Lipinski definition) is 4. The summed E-state index contributed by atoms with van der Waals surface area (Å²) in [7, 11) is -4.01. The largest absolute Gasteiger partial charge is 0.368 e. The van der Waals surface area contributed by atoms with Crippen molar-refractivity contribution in [3.63, 3.8) is 0 Å². The average Bonchev–Trinajstić information content (AvgIpc) is 2.93. The van der Waals surface area contributed by atoms with Crippen molar-refractivity contribution in [2.45, 2.75) is 23.8 Å². The van der Waals surface area contributed by atoms with Crippen molar-refractivity contribution in [1.82, 2.24) is 10.3 Å². The lowest BCUT2D eigenvalue weighted by Crippen LogP contribution is -2.46. The Balaban J connectivity index is 2.03. The number of hydrogen-bond donors (Lipinski definition) is 2. The van der Waals surface area contributed by atoms with Gasteiger partial charge in [0.1, 0.15) is 11.9 Å². The number of benzene rings is 1. The highest BCUT2D eigenvalue weighted by Gasteiger charge is 2.25. The maximum atomic E-state index is 13.0. The van der Waals surface area contributed by atoms with Crippen LogP contribution in [0.1, 0.15) is 12.8 Å². The minimum Gasteiger partial charge on any atom is -0.368 e. The van der Waals surface area contributed by atoms with Crippen LogP contribution in [0.4, 0.5) is 4.39 Å². The highest BCUT2D eigenvalue weighted by Crippen LogP contribution is 2.19. The SMILES string of the molecule is O=C(NNS(=O)(=O)c1ccc(F)c(Cl)c1)C1CCCO1. The highest BCUT2D eigenvalue weighted by molar-refractivity contribution is 7.89. The number of amides is 1. The van der Waals surface area contributed by atoms with Gasteiger partial charge >= 0.3 is 0 Å². The molecule has 0 aromatic heterocycles. The number of ether oxygens (including phenoxy) is 1. The first-order chi connectivity index (χ1) is 9.40. The molecule has 0 spiro atoms. The summed E-state index contributed by atoms with van der Waals surface area (Å²) in [6.07, 6.45) is 0.628. The van der Waals surface area contributed by atoms with Gasteiger partial charge in [0.05, 0.1) is 9.92 Å². The van der Waals surface area contributed by atoms with E-state index < -0.39 is 27.9 Å². The molecule has 1 fully saturated rings. The number of sulfonamides is 1. The first-order valence-electron chi connectivity index (χ1n) is 5.78. The zero-order valence-electron chi connectivity index (χ0n) is 10.2. The summed E-state index contributed by atoms with van der Waals surface area (Å²) in [5, 5.41) is -0.321. The van der Waals surface area contributed by atoms with Gasteiger partial charge in [0, 0.05) is 6.61 Å². The molecule has 0 aliphatic carbocycles. The van der Waals surface area contributed by atoms with E-state index in [0.29, 0.717) is 13.0 Å². The molecule has 1 aromatic rings. The fourth-order valence-corrected chi connectivity index (χ4v) is 2.80. The Morgan fingerprint density at radius 2 is 2.20 bits per heavy atom. The molecule has 6 nitrogen and oxygen atoms in total. The molecular weight excluding hydrogens is 311 g/mol. The van der Waals surface area contributed by atoms with Gasteiger partial charge < -0.3 is 4.74 Å². The molecule has 0 radical (unpaired) electrons. The molecule has 1 amide bonds. The summed E-state index contributed by atoms with van der Waals surface area (Å²) in [6, 6.07) is 2.93. The number of carbonyl (C=O) groups is 1. The summed E-state index contributed by atoms with van der Waals surface area (Å²) >= 11 is 5.51. The lowest BCUT2D eigenvalue weighted by Gasteiger charge is -2.12. The smallest absolute Gasteiger partial charge is 0.264 e. The molecule has 2 rings (SSSR count). The Hall–Kier alpha value is -1.22. The Bertz CT molecular complexity index is 617. The van der Waals surface area contributed by atoms with Gasteiger partial charge in [0.2, 0.25) is 0 Å². The van der Waals surface area contributed by atoms with Crippen molar-refractivity contribution in [1.29, 1.82) is 0 Å². The maximum absolute atomic E-state index is 13.0. The molecule has 20 heavy (non-hydrogen) atoms. The number of hydrazine groups is 1. The molecule has 110 valence electrons. The highest BCUT2D eigenvalue weighted by atomic mass is 35.5. The third-order valence-electron chi connectivity index (χ3n) is 2.73. The van der Waals surface area contributed by atoms with Crippen LogP contribution in [0.3, 0.4) is 0 Å². The van der Waals surface area contributed by atoms with Crippen LogP contribution in [0.15, 0.2) is 23.1 Å².